The molecule has 2 atom stereocenters. The highest BCUT2D eigenvalue weighted by Crippen LogP contribution is 2.38. The molecule has 3 aromatic rings. The second-order valence-electron chi connectivity index (χ2n) is 5.99. The fraction of sp³-hybridized carbons (Fsp3) is 0.333. The van der Waals surface area contributed by atoms with Crippen LogP contribution < -0.4 is 4.90 Å². The summed E-state index contributed by atoms with van der Waals surface area (Å²) >= 11 is 1.64. The molecule has 3 rings (SSSR count). The summed E-state index contributed by atoms with van der Waals surface area (Å²) < 4.78 is 11.6. The van der Waals surface area contributed by atoms with Gasteiger partial charge in [0.1, 0.15) is 16.5 Å². The summed E-state index contributed by atoms with van der Waals surface area (Å²) in [5.74, 6) is 2.29. The lowest BCUT2D eigenvalue weighted by atomic mass is 10.1. The van der Waals surface area contributed by atoms with Gasteiger partial charge in [0.05, 0.1) is 5.39 Å². The topological polar surface area (TPSA) is 46.1 Å². The SMILES string of the molecule is Cc1nc(N(C)[C@H](C)C[S@](C)=O)c2c(-c3ccccc3)csc2n1. The zero-order chi connectivity index (χ0) is 17.3. The average molecular weight is 360 g/mol. The largest absolute Gasteiger partial charge is 0.355 e. The van der Waals surface area contributed by atoms with Crippen LogP contribution in [0.4, 0.5) is 5.82 Å². The van der Waals surface area contributed by atoms with Crippen molar-refractivity contribution in [2.45, 2.75) is 19.9 Å². The number of aromatic nitrogens is 2. The number of hydrogen-bond acceptors (Lipinski definition) is 5. The first-order valence-corrected chi connectivity index (χ1v) is 10.4. The highest BCUT2D eigenvalue weighted by atomic mass is 32.2. The molecular formula is C18H21N3OS2. The summed E-state index contributed by atoms with van der Waals surface area (Å²) in [6.07, 6.45) is 1.74. The Morgan fingerprint density at radius 1 is 1.25 bits per heavy atom. The summed E-state index contributed by atoms with van der Waals surface area (Å²) in [5.41, 5.74) is 2.32. The Bertz CT molecular complexity index is 877. The summed E-state index contributed by atoms with van der Waals surface area (Å²) in [6, 6.07) is 10.5. The fourth-order valence-corrected chi connectivity index (χ4v) is 4.66. The first kappa shape index (κ1) is 17.0. The van der Waals surface area contributed by atoms with Crippen LogP contribution in [0.25, 0.3) is 21.3 Å². The predicted octanol–water partition coefficient (Wildman–Crippen LogP) is 3.87. The molecule has 6 heteroatoms. The van der Waals surface area contributed by atoms with Crippen LogP contribution in [0, 0.1) is 6.92 Å². The molecule has 2 aromatic heterocycles. The molecule has 0 spiro atoms. The number of rotatable bonds is 5. The van der Waals surface area contributed by atoms with Crippen molar-refractivity contribution in [2.75, 3.05) is 24.0 Å². The van der Waals surface area contributed by atoms with Crippen LogP contribution in [0.5, 0.6) is 0 Å². The van der Waals surface area contributed by atoms with E-state index < -0.39 is 10.8 Å². The van der Waals surface area contributed by atoms with Gasteiger partial charge in [0.2, 0.25) is 0 Å². The lowest BCUT2D eigenvalue weighted by Gasteiger charge is -2.26. The van der Waals surface area contributed by atoms with Crippen LogP contribution in [-0.4, -0.2) is 39.3 Å². The molecule has 2 heterocycles. The quantitative estimate of drug-likeness (QED) is 0.694. The molecule has 0 radical (unpaired) electrons. The number of hydrogen-bond donors (Lipinski definition) is 0. The van der Waals surface area contributed by atoms with Crippen molar-refractivity contribution < 1.29 is 4.21 Å². The molecule has 0 aliphatic rings. The molecule has 0 bridgehead atoms. The molecule has 0 saturated carbocycles. The Kier molecular flexibility index (Phi) is 4.96. The number of fused-ring (bicyclic) bond motifs is 1. The van der Waals surface area contributed by atoms with Crippen molar-refractivity contribution in [1.29, 1.82) is 0 Å². The summed E-state index contributed by atoms with van der Waals surface area (Å²) in [7, 11) is 1.18. The second kappa shape index (κ2) is 6.99. The monoisotopic (exact) mass is 359 g/mol. The Morgan fingerprint density at radius 3 is 2.62 bits per heavy atom. The zero-order valence-corrected chi connectivity index (χ0v) is 15.9. The lowest BCUT2D eigenvalue weighted by molar-refractivity contribution is 0.674. The average Bonchev–Trinajstić information content (AvgIpc) is 2.97. The first-order valence-electron chi connectivity index (χ1n) is 7.81. The van der Waals surface area contributed by atoms with Gasteiger partial charge in [-0.1, -0.05) is 30.3 Å². The maximum absolute atomic E-state index is 11.6. The summed E-state index contributed by atoms with van der Waals surface area (Å²) in [5, 5.41) is 3.22. The third-order valence-electron chi connectivity index (χ3n) is 4.08. The van der Waals surface area contributed by atoms with E-state index in [0.717, 1.165) is 33.0 Å². The van der Waals surface area contributed by atoms with Crippen LogP contribution in [0.1, 0.15) is 12.7 Å². The van der Waals surface area contributed by atoms with Gasteiger partial charge in [-0.05, 0) is 19.4 Å². The van der Waals surface area contributed by atoms with Crippen molar-refractivity contribution in [3.05, 3.63) is 41.5 Å². The maximum atomic E-state index is 11.6. The van der Waals surface area contributed by atoms with Crippen LogP contribution in [0.15, 0.2) is 35.7 Å². The molecule has 126 valence electrons. The normalized spacial score (nSPS) is 13.8. The minimum Gasteiger partial charge on any atom is -0.355 e. The second-order valence-corrected chi connectivity index (χ2v) is 8.33. The Balaban J connectivity index is 2.16. The van der Waals surface area contributed by atoms with Crippen LogP contribution in [0.3, 0.4) is 0 Å². The van der Waals surface area contributed by atoms with Gasteiger partial charge in [-0.15, -0.1) is 11.3 Å². The third-order valence-corrected chi connectivity index (χ3v) is 5.91. The first-order chi connectivity index (χ1) is 11.5. The molecular weight excluding hydrogens is 338 g/mol. The van der Waals surface area contributed by atoms with Crippen molar-refractivity contribution in [1.82, 2.24) is 9.97 Å². The van der Waals surface area contributed by atoms with E-state index in [-0.39, 0.29) is 6.04 Å². The number of nitrogens with zero attached hydrogens (tertiary/aromatic N) is 3. The van der Waals surface area contributed by atoms with E-state index in [1.165, 1.54) is 0 Å². The van der Waals surface area contributed by atoms with E-state index in [0.29, 0.717) is 5.75 Å². The van der Waals surface area contributed by atoms with E-state index >= 15 is 0 Å². The smallest absolute Gasteiger partial charge is 0.141 e. The molecule has 0 saturated heterocycles. The van der Waals surface area contributed by atoms with E-state index in [2.05, 4.69) is 34.3 Å². The highest BCUT2D eigenvalue weighted by Gasteiger charge is 2.20. The Hall–Kier alpha value is -1.79. The Labute approximate surface area is 149 Å². The minimum atomic E-state index is -0.843. The van der Waals surface area contributed by atoms with Gasteiger partial charge in [0.15, 0.2) is 0 Å². The number of aryl methyl sites for hydroxylation is 1. The van der Waals surface area contributed by atoms with Crippen LogP contribution >= 0.6 is 11.3 Å². The van der Waals surface area contributed by atoms with Crippen LogP contribution in [0.2, 0.25) is 0 Å². The van der Waals surface area contributed by atoms with E-state index in [4.69, 9.17) is 4.98 Å². The van der Waals surface area contributed by atoms with Gasteiger partial charge >= 0.3 is 0 Å². The number of anilines is 1. The van der Waals surface area contributed by atoms with E-state index in [9.17, 15) is 4.21 Å². The molecule has 24 heavy (non-hydrogen) atoms. The zero-order valence-electron chi connectivity index (χ0n) is 14.3. The van der Waals surface area contributed by atoms with Gasteiger partial charge in [-0.25, -0.2) is 9.97 Å². The van der Waals surface area contributed by atoms with Gasteiger partial charge in [-0.3, -0.25) is 4.21 Å². The fourth-order valence-electron chi connectivity index (χ4n) is 2.77. The van der Waals surface area contributed by atoms with Crippen molar-refractivity contribution in [3.63, 3.8) is 0 Å². The molecule has 4 nitrogen and oxygen atoms in total. The van der Waals surface area contributed by atoms with Gasteiger partial charge in [0, 0.05) is 46.8 Å². The van der Waals surface area contributed by atoms with Crippen LogP contribution in [-0.2, 0) is 10.8 Å². The molecule has 1 aromatic carbocycles. The van der Waals surface area contributed by atoms with Gasteiger partial charge in [0.25, 0.3) is 0 Å². The molecule has 0 fully saturated rings. The molecule has 0 amide bonds. The predicted molar refractivity (Wildman–Crippen MR) is 104 cm³/mol. The Morgan fingerprint density at radius 2 is 1.96 bits per heavy atom. The standard InChI is InChI=1S/C18H21N3OS2/c1-12(11-24(4)22)21(3)17-16-15(14-8-6-5-7-9-14)10-23-18(16)20-13(2)19-17/h5-10,12H,11H2,1-4H3/t12-,24+/m1/s1. The number of benzene rings is 1. The molecule has 0 N–H and O–H groups in total. The summed E-state index contributed by atoms with van der Waals surface area (Å²) in [4.78, 5) is 12.4. The molecule has 0 unspecified atom stereocenters. The molecule has 0 aliphatic carbocycles. The molecule has 0 aliphatic heterocycles. The van der Waals surface area contributed by atoms with Crippen molar-refractivity contribution >= 4 is 38.2 Å². The minimum absolute atomic E-state index is 0.136. The third kappa shape index (κ3) is 3.35. The van der Waals surface area contributed by atoms with Gasteiger partial charge < -0.3 is 4.90 Å². The van der Waals surface area contributed by atoms with Crippen molar-refractivity contribution in [2.24, 2.45) is 0 Å². The lowest BCUT2D eigenvalue weighted by Crippen LogP contribution is -2.34. The summed E-state index contributed by atoms with van der Waals surface area (Å²) in [6.45, 7) is 4.00. The number of thiophene rings is 1. The highest BCUT2D eigenvalue weighted by molar-refractivity contribution is 7.84. The van der Waals surface area contributed by atoms with E-state index in [1.54, 1.807) is 17.6 Å². The van der Waals surface area contributed by atoms with E-state index in [1.807, 2.05) is 32.2 Å². The van der Waals surface area contributed by atoms with Crippen molar-refractivity contribution in [3.8, 4) is 11.1 Å². The maximum Gasteiger partial charge on any atom is 0.141 e. The van der Waals surface area contributed by atoms with Gasteiger partial charge in [-0.2, -0.15) is 0 Å².